The van der Waals surface area contributed by atoms with E-state index in [0.29, 0.717) is 11.4 Å². The van der Waals surface area contributed by atoms with Gasteiger partial charge in [-0.3, -0.25) is 14.4 Å². The van der Waals surface area contributed by atoms with E-state index in [1.165, 1.54) is 26.2 Å². The molecule has 1 aliphatic heterocycles. The summed E-state index contributed by atoms with van der Waals surface area (Å²) in [6.07, 6.45) is -0.731. The van der Waals surface area contributed by atoms with Crippen LogP contribution in [-0.2, 0) is 30.3 Å². The lowest BCUT2D eigenvalue weighted by molar-refractivity contribution is -0.152. The maximum absolute atomic E-state index is 13.2. The summed E-state index contributed by atoms with van der Waals surface area (Å²) in [4.78, 5) is 41.6. The molecule has 1 aliphatic rings. The Morgan fingerprint density at radius 2 is 1.68 bits per heavy atom. The number of ether oxygens (including phenoxy) is 3. The fourth-order valence-corrected chi connectivity index (χ4v) is 3.54. The predicted octanol–water partition coefficient (Wildman–Crippen LogP) is 2.02. The van der Waals surface area contributed by atoms with Gasteiger partial charge < -0.3 is 19.1 Å². The average Bonchev–Trinajstić information content (AvgIpc) is 3.09. The number of imide groups is 1. The van der Waals surface area contributed by atoms with Gasteiger partial charge in [-0.2, -0.15) is 0 Å². The van der Waals surface area contributed by atoms with Crippen LogP contribution in [0.1, 0.15) is 12.0 Å². The molecule has 3 amide bonds. The number of methoxy groups -OCH3 is 3. The van der Waals surface area contributed by atoms with E-state index in [1.54, 1.807) is 24.3 Å². The minimum absolute atomic E-state index is 0.0266. The first kappa shape index (κ1) is 22.5. The van der Waals surface area contributed by atoms with Crippen LogP contribution in [-0.4, -0.2) is 62.8 Å². The molecule has 1 unspecified atom stereocenters. The van der Waals surface area contributed by atoms with E-state index in [1.807, 2.05) is 30.3 Å². The van der Waals surface area contributed by atoms with Crippen molar-refractivity contribution in [2.24, 2.45) is 0 Å². The van der Waals surface area contributed by atoms with Gasteiger partial charge in [0.05, 0.1) is 32.2 Å². The van der Waals surface area contributed by atoms with Crippen molar-refractivity contribution in [2.45, 2.75) is 25.2 Å². The molecule has 3 rings (SSSR count). The smallest absolute Gasteiger partial charge is 0.257 e. The number of hydrogen-bond acceptors (Lipinski definition) is 6. The van der Waals surface area contributed by atoms with Gasteiger partial charge in [-0.05, 0) is 29.8 Å². The van der Waals surface area contributed by atoms with Gasteiger partial charge in [0.2, 0.25) is 11.8 Å². The van der Waals surface area contributed by atoms with Crippen LogP contribution >= 0.6 is 0 Å². The summed E-state index contributed by atoms with van der Waals surface area (Å²) in [6.45, 7) is 0.0266. The van der Waals surface area contributed by atoms with Crippen LogP contribution in [0.25, 0.3) is 0 Å². The van der Waals surface area contributed by atoms with E-state index in [-0.39, 0.29) is 31.2 Å². The Labute approximate surface area is 181 Å². The largest absolute Gasteiger partial charge is 0.497 e. The van der Waals surface area contributed by atoms with Gasteiger partial charge in [-0.1, -0.05) is 30.3 Å². The molecule has 8 nitrogen and oxygen atoms in total. The van der Waals surface area contributed by atoms with Crippen LogP contribution in [0.3, 0.4) is 0 Å². The Bertz CT molecular complexity index is 911. The summed E-state index contributed by atoms with van der Waals surface area (Å²) in [7, 11) is 4.45. The van der Waals surface area contributed by atoms with Gasteiger partial charge in [0, 0.05) is 14.2 Å². The molecule has 0 saturated carbocycles. The monoisotopic (exact) mass is 426 g/mol. The van der Waals surface area contributed by atoms with Crippen molar-refractivity contribution in [3.8, 4) is 5.75 Å². The topological polar surface area (TPSA) is 85.4 Å². The van der Waals surface area contributed by atoms with Crippen LogP contribution < -0.4 is 9.64 Å². The first-order valence-corrected chi connectivity index (χ1v) is 9.88. The summed E-state index contributed by atoms with van der Waals surface area (Å²) >= 11 is 0. The summed E-state index contributed by atoms with van der Waals surface area (Å²) in [6, 6.07) is 14.9. The molecular formula is C23H26N2O6. The standard InChI is InChI=1S/C23H26N2O6/c1-29-18-11-9-17(10-12-18)25-21(27)14-19(23(25)28)24(15-22(30-2)31-3)20(26)13-16-7-5-4-6-8-16/h4-12,19,22H,13-15H2,1-3H3. The molecule has 0 spiro atoms. The fourth-order valence-electron chi connectivity index (χ4n) is 3.54. The molecule has 0 aromatic heterocycles. The summed E-state index contributed by atoms with van der Waals surface area (Å²) < 4.78 is 15.6. The lowest BCUT2D eigenvalue weighted by Gasteiger charge is -2.30. The first-order valence-electron chi connectivity index (χ1n) is 9.88. The van der Waals surface area contributed by atoms with Crippen molar-refractivity contribution in [1.29, 1.82) is 0 Å². The second kappa shape index (κ2) is 10.2. The van der Waals surface area contributed by atoms with Crippen LogP contribution in [0.4, 0.5) is 5.69 Å². The quantitative estimate of drug-likeness (QED) is 0.451. The summed E-state index contributed by atoms with van der Waals surface area (Å²) in [5.74, 6) is -0.498. The van der Waals surface area contributed by atoms with Gasteiger partial charge in [0.15, 0.2) is 6.29 Å². The molecule has 1 atom stereocenters. The van der Waals surface area contributed by atoms with Crippen LogP contribution in [0.5, 0.6) is 5.75 Å². The van der Waals surface area contributed by atoms with E-state index in [0.717, 1.165) is 10.5 Å². The summed E-state index contributed by atoms with van der Waals surface area (Å²) in [5.41, 5.74) is 1.25. The van der Waals surface area contributed by atoms with Crippen LogP contribution in [0.15, 0.2) is 54.6 Å². The number of carbonyl (C=O) groups is 3. The maximum Gasteiger partial charge on any atom is 0.257 e. The number of nitrogens with zero attached hydrogens (tertiary/aromatic N) is 2. The molecule has 0 aliphatic carbocycles. The number of carbonyl (C=O) groups excluding carboxylic acids is 3. The molecule has 0 bridgehead atoms. The maximum atomic E-state index is 13.2. The molecule has 164 valence electrons. The molecular weight excluding hydrogens is 400 g/mol. The number of amides is 3. The summed E-state index contributed by atoms with van der Waals surface area (Å²) in [5, 5.41) is 0. The van der Waals surface area contributed by atoms with Crippen LogP contribution in [0, 0.1) is 0 Å². The molecule has 2 aromatic rings. The number of rotatable bonds is 9. The highest BCUT2D eigenvalue weighted by Gasteiger charge is 2.44. The van der Waals surface area contributed by atoms with Gasteiger partial charge in [0.25, 0.3) is 5.91 Å². The zero-order chi connectivity index (χ0) is 22.4. The SMILES string of the molecule is COc1ccc(N2C(=O)CC(N(CC(OC)OC)C(=O)Cc3ccccc3)C2=O)cc1. The van der Waals surface area contributed by atoms with Crippen molar-refractivity contribution in [1.82, 2.24) is 4.90 Å². The lowest BCUT2D eigenvalue weighted by atomic mass is 10.1. The minimum Gasteiger partial charge on any atom is -0.497 e. The molecule has 1 fully saturated rings. The fraction of sp³-hybridized carbons (Fsp3) is 0.348. The second-order valence-electron chi connectivity index (χ2n) is 7.09. The number of hydrogen-bond donors (Lipinski definition) is 0. The molecule has 31 heavy (non-hydrogen) atoms. The van der Waals surface area contributed by atoms with Gasteiger partial charge in [-0.25, -0.2) is 4.90 Å². The van der Waals surface area contributed by atoms with Gasteiger partial charge >= 0.3 is 0 Å². The van der Waals surface area contributed by atoms with Crippen LogP contribution in [0.2, 0.25) is 0 Å². The first-order chi connectivity index (χ1) is 15.0. The Morgan fingerprint density at radius 3 is 2.26 bits per heavy atom. The number of benzene rings is 2. The van der Waals surface area contributed by atoms with E-state index in [2.05, 4.69) is 0 Å². The van der Waals surface area contributed by atoms with Crippen molar-refractivity contribution >= 4 is 23.4 Å². The van der Waals surface area contributed by atoms with E-state index >= 15 is 0 Å². The molecule has 8 heteroatoms. The van der Waals surface area contributed by atoms with Crippen molar-refractivity contribution in [3.05, 3.63) is 60.2 Å². The van der Waals surface area contributed by atoms with Gasteiger partial charge in [-0.15, -0.1) is 0 Å². The van der Waals surface area contributed by atoms with Crippen molar-refractivity contribution in [3.63, 3.8) is 0 Å². The zero-order valence-corrected chi connectivity index (χ0v) is 17.8. The third-order valence-electron chi connectivity index (χ3n) is 5.22. The highest BCUT2D eigenvalue weighted by Crippen LogP contribution is 2.28. The Kier molecular flexibility index (Phi) is 7.38. The molecule has 0 N–H and O–H groups in total. The lowest BCUT2D eigenvalue weighted by Crippen LogP contribution is -2.49. The van der Waals surface area contributed by atoms with E-state index in [4.69, 9.17) is 14.2 Å². The van der Waals surface area contributed by atoms with Gasteiger partial charge in [0.1, 0.15) is 11.8 Å². The van der Waals surface area contributed by atoms with Crippen molar-refractivity contribution in [2.75, 3.05) is 32.8 Å². The number of anilines is 1. The third kappa shape index (κ3) is 5.10. The molecule has 1 heterocycles. The third-order valence-corrected chi connectivity index (χ3v) is 5.22. The highest BCUT2D eigenvalue weighted by atomic mass is 16.7. The van der Waals surface area contributed by atoms with Crippen molar-refractivity contribution < 1.29 is 28.6 Å². The normalized spacial score (nSPS) is 16.1. The minimum atomic E-state index is -0.932. The highest BCUT2D eigenvalue weighted by molar-refractivity contribution is 6.23. The van der Waals surface area contributed by atoms with E-state index < -0.39 is 18.2 Å². The Hall–Kier alpha value is -3.23. The molecule has 2 aromatic carbocycles. The second-order valence-corrected chi connectivity index (χ2v) is 7.09. The molecule has 0 radical (unpaired) electrons. The predicted molar refractivity (Wildman–Crippen MR) is 114 cm³/mol. The Morgan fingerprint density at radius 1 is 1.03 bits per heavy atom. The Balaban J connectivity index is 1.86. The average molecular weight is 426 g/mol. The van der Waals surface area contributed by atoms with E-state index in [9.17, 15) is 14.4 Å². The zero-order valence-electron chi connectivity index (χ0n) is 17.8. The molecule has 1 saturated heterocycles.